The molecule has 2 aliphatic rings. The van der Waals surface area contributed by atoms with Crippen LogP contribution in [0, 0.1) is 5.92 Å². The number of urea groups is 1. The second-order valence-corrected chi connectivity index (χ2v) is 6.17. The van der Waals surface area contributed by atoms with Gasteiger partial charge in [0.25, 0.3) is 5.91 Å². The SMILES string of the molecule is CC1(C)NC(=O)N(CC(=O)NCC[C@H]2CCCOC2)C1=O. The number of nitrogens with one attached hydrogen (secondary N) is 2. The summed E-state index contributed by atoms with van der Waals surface area (Å²) in [7, 11) is 0. The van der Waals surface area contributed by atoms with E-state index in [0.29, 0.717) is 12.5 Å². The molecule has 0 bridgehead atoms. The van der Waals surface area contributed by atoms with E-state index in [1.165, 1.54) is 0 Å². The Bertz CT molecular complexity index is 430. The van der Waals surface area contributed by atoms with E-state index < -0.39 is 11.6 Å². The first-order valence-corrected chi connectivity index (χ1v) is 7.39. The van der Waals surface area contributed by atoms with E-state index in [1.54, 1.807) is 13.8 Å². The summed E-state index contributed by atoms with van der Waals surface area (Å²) in [5, 5.41) is 5.30. The molecule has 118 valence electrons. The molecule has 1 atom stereocenters. The topological polar surface area (TPSA) is 87.7 Å². The minimum Gasteiger partial charge on any atom is -0.381 e. The Morgan fingerprint density at radius 2 is 2.24 bits per heavy atom. The third-order valence-electron chi connectivity index (χ3n) is 3.88. The number of carbonyl (C=O) groups excluding carboxylic acids is 3. The van der Waals surface area contributed by atoms with Gasteiger partial charge in [0, 0.05) is 19.8 Å². The molecule has 0 aromatic rings. The molecule has 0 radical (unpaired) electrons. The summed E-state index contributed by atoms with van der Waals surface area (Å²) < 4.78 is 5.38. The molecule has 2 aliphatic heterocycles. The summed E-state index contributed by atoms with van der Waals surface area (Å²) in [6.07, 6.45) is 3.05. The standard InChI is InChI=1S/C14H23N3O4/c1-14(2)12(19)17(13(20)16-14)8-11(18)15-6-5-10-4-3-7-21-9-10/h10H,3-9H2,1-2H3,(H,15,18)(H,16,20)/t10-/m1/s1. The second kappa shape index (κ2) is 6.43. The van der Waals surface area contributed by atoms with E-state index in [9.17, 15) is 14.4 Å². The van der Waals surface area contributed by atoms with Gasteiger partial charge in [-0.25, -0.2) is 4.79 Å². The Labute approximate surface area is 124 Å². The normalized spacial score (nSPS) is 24.9. The number of imide groups is 1. The highest BCUT2D eigenvalue weighted by Gasteiger charge is 2.44. The van der Waals surface area contributed by atoms with Gasteiger partial charge in [-0.2, -0.15) is 0 Å². The number of carbonyl (C=O) groups is 3. The first-order chi connectivity index (χ1) is 9.90. The molecular weight excluding hydrogens is 274 g/mol. The highest BCUT2D eigenvalue weighted by atomic mass is 16.5. The molecule has 2 fully saturated rings. The maximum Gasteiger partial charge on any atom is 0.325 e. The molecule has 0 aliphatic carbocycles. The van der Waals surface area contributed by atoms with Crippen molar-refractivity contribution in [1.29, 1.82) is 0 Å². The summed E-state index contributed by atoms with van der Waals surface area (Å²) in [5.74, 6) is -0.203. The lowest BCUT2D eigenvalue weighted by molar-refractivity contribution is -0.134. The molecule has 0 spiro atoms. The van der Waals surface area contributed by atoms with Crippen molar-refractivity contribution in [3.63, 3.8) is 0 Å². The van der Waals surface area contributed by atoms with Crippen molar-refractivity contribution in [3.05, 3.63) is 0 Å². The quantitative estimate of drug-likeness (QED) is 0.712. The van der Waals surface area contributed by atoms with E-state index >= 15 is 0 Å². The van der Waals surface area contributed by atoms with Crippen LogP contribution in [0.15, 0.2) is 0 Å². The van der Waals surface area contributed by atoms with Crippen molar-refractivity contribution in [2.45, 2.75) is 38.6 Å². The molecule has 21 heavy (non-hydrogen) atoms. The Morgan fingerprint density at radius 3 is 2.81 bits per heavy atom. The van der Waals surface area contributed by atoms with Gasteiger partial charge in [0.1, 0.15) is 12.1 Å². The van der Waals surface area contributed by atoms with Crippen LogP contribution in [0.3, 0.4) is 0 Å². The zero-order chi connectivity index (χ0) is 15.5. The Hall–Kier alpha value is -1.63. The molecule has 4 amide bonds. The lowest BCUT2D eigenvalue weighted by Crippen LogP contribution is -2.43. The number of hydrogen-bond donors (Lipinski definition) is 2. The highest BCUT2D eigenvalue weighted by molar-refractivity contribution is 6.08. The lowest BCUT2D eigenvalue weighted by Gasteiger charge is -2.22. The predicted molar refractivity (Wildman–Crippen MR) is 75.5 cm³/mol. The molecule has 7 nitrogen and oxygen atoms in total. The van der Waals surface area contributed by atoms with Gasteiger partial charge in [-0.1, -0.05) is 0 Å². The molecule has 2 N–H and O–H groups in total. The summed E-state index contributed by atoms with van der Waals surface area (Å²) in [6.45, 7) is 5.12. The third kappa shape index (κ3) is 3.93. The average molecular weight is 297 g/mol. The molecule has 0 aromatic carbocycles. The molecule has 0 unspecified atom stereocenters. The van der Waals surface area contributed by atoms with Gasteiger partial charge in [-0.3, -0.25) is 14.5 Å². The van der Waals surface area contributed by atoms with Gasteiger partial charge in [-0.05, 0) is 39.0 Å². The summed E-state index contributed by atoms with van der Waals surface area (Å²) in [4.78, 5) is 36.4. The van der Waals surface area contributed by atoms with Crippen molar-refractivity contribution < 1.29 is 19.1 Å². The third-order valence-corrected chi connectivity index (χ3v) is 3.88. The van der Waals surface area contributed by atoms with Gasteiger partial charge in [0.2, 0.25) is 5.91 Å². The monoisotopic (exact) mass is 297 g/mol. The average Bonchev–Trinajstić information content (AvgIpc) is 2.62. The minimum atomic E-state index is -0.934. The lowest BCUT2D eigenvalue weighted by atomic mass is 9.99. The van der Waals surface area contributed by atoms with Gasteiger partial charge < -0.3 is 15.4 Å². The number of ether oxygens (including phenoxy) is 1. The van der Waals surface area contributed by atoms with Crippen LogP contribution in [0.2, 0.25) is 0 Å². The van der Waals surface area contributed by atoms with Gasteiger partial charge >= 0.3 is 6.03 Å². The highest BCUT2D eigenvalue weighted by Crippen LogP contribution is 2.17. The van der Waals surface area contributed by atoms with Crippen LogP contribution >= 0.6 is 0 Å². The van der Waals surface area contributed by atoms with E-state index in [-0.39, 0.29) is 18.4 Å². The minimum absolute atomic E-state index is 0.227. The number of rotatable bonds is 5. The van der Waals surface area contributed by atoms with Crippen molar-refractivity contribution >= 4 is 17.8 Å². The molecule has 2 heterocycles. The van der Waals surface area contributed by atoms with Crippen LogP contribution in [-0.2, 0) is 14.3 Å². The van der Waals surface area contributed by atoms with Crippen LogP contribution in [0.5, 0.6) is 0 Å². The van der Waals surface area contributed by atoms with Gasteiger partial charge in [-0.15, -0.1) is 0 Å². The molecule has 7 heteroatoms. The molecular formula is C14H23N3O4. The van der Waals surface area contributed by atoms with Crippen LogP contribution in [0.25, 0.3) is 0 Å². The first-order valence-electron chi connectivity index (χ1n) is 7.39. The van der Waals surface area contributed by atoms with Crippen LogP contribution < -0.4 is 10.6 Å². The summed E-state index contributed by atoms with van der Waals surface area (Å²) >= 11 is 0. The van der Waals surface area contributed by atoms with Crippen LogP contribution in [0.1, 0.15) is 33.1 Å². The fourth-order valence-electron chi connectivity index (χ4n) is 2.61. The van der Waals surface area contributed by atoms with E-state index in [4.69, 9.17) is 4.74 Å². The van der Waals surface area contributed by atoms with E-state index in [2.05, 4.69) is 10.6 Å². The second-order valence-electron chi connectivity index (χ2n) is 6.17. The van der Waals surface area contributed by atoms with Crippen molar-refractivity contribution in [1.82, 2.24) is 15.5 Å². The molecule has 2 rings (SSSR count). The van der Waals surface area contributed by atoms with Crippen LogP contribution in [-0.4, -0.2) is 54.6 Å². The number of amides is 4. The van der Waals surface area contributed by atoms with Gasteiger partial charge in [0.05, 0.1) is 0 Å². The van der Waals surface area contributed by atoms with E-state index in [1.807, 2.05) is 0 Å². The van der Waals surface area contributed by atoms with Crippen molar-refractivity contribution in [2.75, 3.05) is 26.3 Å². The fourth-order valence-corrected chi connectivity index (χ4v) is 2.61. The Morgan fingerprint density at radius 1 is 1.48 bits per heavy atom. The maximum absolute atomic E-state index is 11.9. The van der Waals surface area contributed by atoms with Crippen molar-refractivity contribution in [3.8, 4) is 0 Å². The number of hydrogen-bond acceptors (Lipinski definition) is 4. The first kappa shape index (κ1) is 15.8. The predicted octanol–water partition coefficient (Wildman–Crippen LogP) is 0.250. The van der Waals surface area contributed by atoms with Gasteiger partial charge in [0.15, 0.2) is 0 Å². The molecule has 0 aromatic heterocycles. The van der Waals surface area contributed by atoms with E-state index in [0.717, 1.165) is 37.4 Å². The maximum atomic E-state index is 11.9. The van der Waals surface area contributed by atoms with Crippen LogP contribution in [0.4, 0.5) is 4.79 Å². The summed E-state index contributed by atoms with van der Waals surface area (Å²) in [5.41, 5.74) is -0.934. The smallest absolute Gasteiger partial charge is 0.325 e. The number of nitrogens with zero attached hydrogens (tertiary/aromatic N) is 1. The van der Waals surface area contributed by atoms with Crippen molar-refractivity contribution in [2.24, 2.45) is 5.92 Å². The Kier molecular flexibility index (Phi) is 4.82. The molecule has 2 saturated heterocycles. The Balaban J connectivity index is 1.72. The fraction of sp³-hybridized carbons (Fsp3) is 0.786. The summed E-state index contributed by atoms with van der Waals surface area (Å²) in [6, 6.07) is -0.513. The molecule has 0 saturated carbocycles. The zero-order valence-electron chi connectivity index (χ0n) is 12.6. The zero-order valence-corrected chi connectivity index (χ0v) is 12.6. The largest absolute Gasteiger partial charge is 0.381 e.